The van der Waals surface area contributed by atoms with Gasteiger partial charge in [0.1, 0.15) is 0 Å². The normalized spacial score (nSPS) is 37.1. The zero-order valence-corrected chi connectivity index (χ0v) is 10.6. The zero-order chi connectivity index (χ0) is 7.52. The molecule has 2 atom stereocenters. The summed E-state index contributed by atoms with van der Waals surface area (Å²) in [4.78, 5) is 0. The van der Waals surface area contributed by atoms with Gasteiger partial charge in [0, 0.05) is 0 Å². The van der Waals surface area contributed by atoms with Gasteiger partial charge >= 0.3 is 85.0 Å². The zero-order valence-electron chi connectivity index (χ0n) is 6.32. The molecule has 1 nitrogen and oxygen atoms in total. The van der Waals surface area contributed by atoms with Gasteiger partial charge in [0.05, 0.1) is 0 Å². The van der Waals surface area contributed by atoms with Crippen LogP contribution in [0.15, 0.2) is 0 Å². The van der Waals surface area contributed by atoms with Crippen molar-refractivity contribution in [2.75, 3.05) is 12.4 Å². The van der Waals surface area contributed by atoms with Crippen LogP contribution in [0.4, 0.5) is 0 Å². The van der Waals surface area contributed by atoms with Gasteiger partial charge in [-0.15, -0.1) is 0 Å². The van der Waals surface area contributed by atoms with Gasteiger partial charge in [-0.1, -0.05) is 0 Å². The van der Waals surface area contributed by atoms with E-state index in [-0.39, 0.29) is 0 Å². The van der Waals surface area contributed by atoms with Crippen LogP contribution >= 0.6 is 11.8 Å². The Bertz CT molecular complexity index is 124. The van der Waals surface area contributed by atoms with E-state index in [0.717, 1.165) is 41.8 Å². The molecule has 0 saturated carbocycles. The monoisotopic (exact) mass is 304 g/mol. The van der Waals surface area contributed by atoms with Gasteiger partial charge in [-0.05, 0) is 0 Å². The molecule has 0 radical (unpaired) electrons. The van der Waals surface area contributed by atoms with Gasteiger partial charge in [-0.25, -0.2) is 0 Å². The molecule has 2 aliphatic heterocycles. The van der Waals surface area contributed by atoms with Crippen molar-refractivity contribution in [3.05, 3.63) is 0 Å². The summed E-state index contributed by atoms with van der Waals surface area (Å²) in [6.45, 7) is 1.05. The van der Waals surface area contributed by atoms with Crippen LogP contribution in [0.1, 0.15) is 0 Å². The average Bonchev–Trinajstić information content (AvgIpc) is 2.86. The van der Waals surface area contributed by atoms with Crippen molar-refractivity contribution < 1.29 is 4.74 Å². The molecule has 2 heterocycles. The molecule has 0 aromatic rings. The molecule has 0 aromatic carbocycles. The van der Waals surface area contributed by atoms with Gasteiger partial charge < -0.3 is 0 Å². The van der Waals surface area contributed by atoms with Crippen molar-refractivity contribution in [1.29, 1.82) is 0 Å². The van der Waals surface area contributed by atoms with E-state index in [1.807, 2.05) is 11.8 Å². The van der Waals surface area contributed by atoms with Crippen molar-refractivity contribution in [2.45, 2.75) is 26.2 Å². The van der Waals surface area contributed by atoms with Crippen molar-refractivity contribution in [3.8, 4) is 0 Å². The first-order chi connectivity index (χ1) is 5.45. The summed E-state index contributed by atoms with van der Waals surface area (Å²) < 4.78 is 5.83. The second-order valence-corrected chi connectivity index (χ2v) is 9.07. The molecular weight excluding hydrogens is 290 g/mol. The number of ether oxygens (including phenoxy) is 1. The second kappa shape index (κ2) is 4.55. The summed E-state index contributed by atoms with van der Waals surface area (Å²) in [6.07, 6.45) is 0. The molecule has 64 valence electrons. The molecule has 2 rings (SSSR count). The minimum atomic E-state index is 0.706. The number of hydrogen-bond donors (Lipinski definition) is 0. The van der Waals surface area contributed by atoms with Gasteiger partial charge in [0.25, 0.3) is 0 Å². The molecule has 2 fully saturated rings. The number of hydrogen-bond acceptors (Lipinski definition) is 2. The van der Waals surface area contributed by atoms with E-state index in [0.29, 0.717) is 5.00 Å². The summed E-state index contributed by atoms with van der Waals surface area (Å²) in [5.41, 5.74) is 0. The SMILES string of the molecule is C1C[Se]C(OCC2CS2)C[Se]1. The van der Waals surface area contributed by atoms with Crippen molar-refractivity contribution in [2.24, 2.45) is 0 Å². The van der Waals surface area contributed by atoms with Gasteiger partial charge in [-0.3, -0.25) is 0 Å². The average molecular weight is 302 g/mol. The second-order valence-electron chi connectivity index (χ2n) is 2.66. The van der Waals surface area contributed by atoms with Crippen LogP contribution in [-0.2, 0) is 4.74 Å². The summed E-state index contributed by atoms with van der Waals surface area (Å²) in [7, 11) is 0. The summed E-state index contributed by atoms with van der Waals surface area (Å²) in [5.74, 6) is 1.35. The van der Waals surface area contributed by atoms with Crippen LogP contribution in [0.25, 0.3) is 0 Å². The fourth-order valence-corrected chi connectivity index (χ4v) is 8.30. The Labute approximate surface area is 84.7 Å². The molecule has 4 heteroatoms. The molecular formula is C7H12OSSe2. The predicted molar refractivity (Wildman–Crippen MR) is 51.9 cm³/mol. The molecule has 0 bridgehead atoms. The molecule has 2 aliphatic rings. The van der Waals surface area contributed by atoms with Gasteiger partial charge in [0.2, 0.25) is 0 Å². The predicted octanol–water partition coefficient (Wildman–Crippen LogP) is 1.12. The van der Waals surface area contributed by atoms with E-state index in [9.17, 15) is 0 Å². The van der Waals surface area contributed by atoms with E-state index < -0.39 is 0 Å². The maximum absolute atomic E-state index is 5.83. The van der Waals surface area contributed by atoms with Crippen LogP contribution in [0, 0.1) is 0 Å². The van der Waals surface area contributed by atoms with E-state index >= 15 is 0 Å². The molecule has 0 N–H and O–H groups in total. The van der Waals surface area contributed by atoms with E-state index in [2.05, 4.69) is 0 Å². The van der Waals surface area contributed by atoms with Crippen LogP contribution in [-0.4, -0.2) is 52.5 Å². The van der Waals surface area contributed by atoms with Crippen LogP contribution in [0.2, 0.25) is 16.0 Å². The Kier molecular flexibility index (Phi) is 3.69. The van der Waals surface area contributed by atoms with Crippen LogP contribution < -0.4 is 0 Å². The molecule has 2 unspecified atom stereocenters. The van der Waals surface area contributed by atoms with Gasteiger partial charge in [-0.2, -0.15) is 0 Å². The topological polar surface area (TPSA) is 9.23 Å². The molecule has 0 spiro atoms. The standard InChI is InChI=1S/C7H12OSSe2/c1-2-11-7(5-10-1)8-3-6-4-9-6/h6-7H,1-5H2. The number of thioether (sulfide) groups is 1. The fraction of sp³-hybridized carbons (Fsp3) is 1.00. The third kappa shape index (κ3) is 3.30. The minimum absolute atomic E-state index is 0.706. The van der Waals surface area contributed by atoms with Crippen molar-refractivity contribution >= 4 is 41.7 Å². The van der Waals surface area contributed by atoms with Crippen molar-refractivity contribution in [1.82, 2.24) is 0 Å². The molecule has 0 aliphatic carbocycles. The van der Waals surface area contributed by atoms with E-state index in [1.54, 1.807) is 0 Å². The molecule has 0 aromatic heterocycles. The van der Waals surface area contributed by atoms with Gasteiger partial charge in [0.15, 0.2) is 0 Å². The van der Waals surface area contributed by atoms with Crippen LogP contribution in [0.3, 0.4) is 0 Å². The Balaban J connectivity index is 1.59. The third-order valence-electron chi connectivity index (χ3n) is 1.66. The Morgan fingerprint density at radius 2 is 2.36 bits per heavy atom. The number of rotatable bonds is 3. The fourth-order valence-electron chi connectivity index (χ4n) is 0.941. The van der Waals surface area contributed by atoms with Crippen LogP contribution in [0.5, 0.6) is 0 Å². The summed E-state index contributed by atoms with van der Waals surface area (Å²) >= 11 is 3.78. The maximum atomic E-state index is 5.83. The Hall–Kier alpha value is 1.35. The molecule has 0 amide bonds. The first-order valence-electron chi connectivity index (χ1n) is 3.88. The Morgan fingerprint density at radius 3 is 3.00 bits per heavy atom. The van der Waals surface area contributed by atoms with Crippen molar-refractivity contribution in [3.63, 3.8) is 0 Å². The van der Waals surface area contributed by atoms with E-state index in [4.69, 9.17) is 4.74 Å². The summed E-state index contributed by atoms with van der Waals surface area (Å²) in [5, 5.41) is 5.99. The quantitative estimate of drug-likeness (QED) is 0.571. The van der Waals surface area contributed by atoms with E-state index in [1.165, 1.54) is 21.7 Å². The Morgan fingerprint density at radius 1 is 1.45 bits per heavy atom. The summed E-state index contributed by atoms with van der Waals surface area (Å²) in [6, 6.07) is 0. The third-order valence-corrected chi connectivity index (χ3v) is 9.48. The first-order valence-corrected chi connectivity index (χ1v) is 9.55. The molecule has 2 saturated heterocycles. The molecule has 11 heavy (non-hydrogen) atoms. The first kappa shape index (κ1) is 8.93.